The maximum Gasteiger partial charge on any atom is 0.200 e. The van der Waals surface area contributed by atoms with Crippen LogP contribution in [0, 0.1) is 116 Å². The molecule has 0 aromatic heterocycles. The van der Waals surface area contributed by atoms with Crippen molar-refractivity contribution in [2.75, 3.05) is 27.3 Å². The summed E-state index contributed by atoms with van der Waals surface area (Å²) in [4.78, 5) is 1.37. The van der Waals surface area contributed by atoms with E-state index in [1.807, 2.05) is 19.9 Å². The second-order valence-electron chi connectivity index (χ2n) is 11.9. The Kier molecular flexibility index (Phi) is 15.3. The zero-order valence-electron chi connectivity index (χ0n) is 29.8. The molecule has 23 heteroatoms. The molecule has 2 nitrogen and oxygen atoms in total. The molecule has 0 saturated carbocycles. The van der Waals surface area contributed by atoms with Gasteiger partial charge in [0.1, 0.15) is 58.4 Å². The standard InChI is InChI=1S/C24BF20.C8H11N.C4H10O/c26-5-1(6(27)14(35)21(42)13(5)34)25(2-7(28)15(36)22(43)16(37)8(2)29,3-9(30)17(38)23(44)18(39)10(3)31)4-11(32)19(40)24(45)20(41)12(4)33;1-9(2)8-6-4-3-5-7-8;1-3-5-4-2/h;3-7H,1-2H3;3-4H2,1-2H3/q-1;;/p+1. The van der Waals surface area contributed by atoms with Crippen LogP contribution in [0.25, 0.3) is 0 Å². The SMILES string of the molecule is CCOCC.C[NH+](C)c1ccccc1.Fc1c(F)c(F)c([B-](c2c(F)c(F)c(F)c(F)c2F)(c2c(F)c(F)c(F)c(F)c2F)c2c(F)c(F)c(F)c(F)c2F)c(F)c1F. The number of rotatable bonds is 7. The van der Waals surface area contributed by atoms with Crippen molar-refractivity contribution in [3.8, 4) is 0 Å². The minimum Gasteiger partial charge on any atom is -0.382 e. The lowest BCUT2D eigenvalue weighted by molar-refractivity contribution is -0.786. The van der Waals surface area contributed by atoms with Gasteiger partial charge in [-0.25, -0.2) is 87.8 Å². The molecule has 5 rings (SSSR count). The Balaban J connectivity index is 0.000000562. The summed E-state index contributed by atoms with van der Waals surface area (Å²) in [5, 5.41) is 0. The second-order valence-corrected chi connectivity index (χ2v) is 11.9. The minimum absolute atomic E-state index is 0.844. The third-order valence-corrected chi connectivity index (χ3v) is 8.47. The van der Waals surface area contributed by atoms with Gasteiger partial charge in [0.25, 0.3) is 0 Å². The van der Waals surface area contributed by atoms with Gasteiger partial charge in [0.15, 0.2) is 69.8 Å². The fourth-order valence-electron chi connectivity index (χ4n) is 5.85. The zero-order valence-corrected chi connectivity index (χ0v) is 29.8. The van der Waals surface area contributed by atoms with Gasteiger partial charge in [-0.2, -0.15) is 0 Å². The highest BCUT2D eigenvalue weighted by atomic mass is 19.2. The monoisotopic (exact) mass is 875 g/mol. The molecule has 5 aromatic carbocycles. The molecule has 0 radical (unpaired) electrons. The molecular formula is C36H22BF20NO. The molecule has 5 aromatic rings. The highest BCUT2D eigenvalue weighted by Gasteiger charge is 2.52. The first-order valence-corrected chi connectivity index (χ1v) is 16.1. The molecule has 320 valence electrons. The summed E-state index contributed by atoms with van der Waals surface area (Å²) in [5.41, 5.74) is -13.0. The molecule has 59 heavy (non-hydrogen) atoms. The van der Waals surface area contributed by atoms with Gasteiger partial charge in [-0.1, -0.05) is 18.2 Å². The molecule has 0 fully saturated rings. The largest absolute Gasteiger partial charge is 0.382 e. The Morgan fingerprint density at radius 1 is 0.339 bits per heavy atom. The molecule has 0 aliphatic rings. The Labute approximate surface area is 319 Å². The third-order valence-electron chi connectivity index (χ3n) is 8.47. The second kappa shape index (κ2) is 18.7. The van der Waals surface area contributed by atoms with Gasteiger partial charge in [-0.15, -0.1) is 21.9 Å². The van der Waals surface area contributed by atoms with Crippen LogP contribution in [0.3, 0.4) is 0 Å². The molecule has 0 saturated heterocycles. The van der Waals surface area contributed by atoms with Crippen LogP contribution in [0.5, 0.6) is 0 Å². The van der Waals surface area contributed by atoms with E-state index < -0.39 is 144 Å². The van der Waals surface area contributed by atoms with Gasteiger partial charge in [-0.05, 0) is 26.0 Å². The minimum atomic E-state index is -7.22. The van der Waals surface area contributed by atoms with Crippen molar-refractivity contribution in [1.29, 1.82) is 0 Å². The van der Waals surface area contributed by atoms with Gasteiger partial charge in [0.05, 0.1) is 14.1 Å². The lowest BCUT2D eigenvalue weighted by Crippen LogP contribution is -3.00. The van der Waals surface area contributed by atoms with E-state index in [0.29, 0.717) is 0 Å². The topological polar surface area (TPSA) is 13.7 Å². The molecule has 0 bridgehead atoms. The average Bonchev–Trinajstić information content (AvgIpc) is 3.21. The molecule has 0 aliphatic heterocycles. The number of hydrogen-bond acceptors (Lipinski definition) is 1. The number of para-hydroxylation sites is 1. The molecule has 0 atom stereocenters. The van der Waals surface area contributed by atoms with Crippen LogP contribution in [0.2, 0.25) is 0 Å². The molecular weight excluding hydrogens is 853 g/mol. The first kappa shape index (κ1) is 48.1. The molecule has 0 unspecified atom stereocenters. The Hall–Kier alpha value is -5.32. The van der Waals surface area contributed by atoms with Crippen molar-refractivity contribution in [3.05, 3.63) is 147 Å². The number of ether oxygens (including phenoxy) is 1. The van der Waals surface area contributed by atoms with E-state index in [-0.39, 0.29) is 0 Å². The van der Waals surface area contributed by atoms with Gasteiger partial charge >= 0.3 is 0 Å². The molecule has 0 spiro atoms. The fourth-order valence-corrected chi connectivity index (χ4v) is 5.85. The van der Waals surface area contributed by atoms with E-state index >= 15 is 35.1 Å². The fraction of sp³-hybridized carbons (Fsp3) is 0.167. The highest BCUT2D eigenvalue weighted by Crippen LogP contribution is 2.30. The van der Waals surface area contributed by atoms with Crippen molar-refractivity contribution in [1.82, 2.24) is 0 Å². The van der Waals surface area contributed by atoms with E-state index in [1.54, 1.807) is 0 Å². The van der Waals surface area contributed by atoms with Crippen molar-refractivity contribution >= 4 is 33.7 Å². The normalized spacial score (nSPS) is 11.4. The summed E-state index contributed by atoms with van der Waals surface area (Å²) in [6.45, 7) is 5.67. The molecule has 0 amide bonds. The van der Waals surface area contributed by atoms with Crippen LogP contribution in [0.4, 0.5) is 93.5 Å². The zero-order chi connectivity index (χ0) is 45.2. The summed E-state index contributed by atoms with van der Waals surface area (Å²) in [7, 11) is 4.24. The predicted octanol–water partition coefficient (Wildman–Crippen LogP) is 7.35. The Bertz CT molecular complexity index is 1990. The Morgan fingerprint density at radius 3 is 0.661 bits per heavy atom. The number of nitrogens with one attached hydrogen (secondary N) is 1. The number of halogens is 20. The van der Waals surface area contributed by atoms with Crippen LogP contribution in [0.1, 0.15) is 13.8 Å². The lowest BCUT2D eigenvalue weighted by atomic mass is 9.12. The van der Waals surface area contributed by atoms with Crippen LogP contribution < -0.4 is 26.8 Å². The maximum atomic E-state index is 15.4. The van der Waals surface area contributed by atoms with E-state index in [0.717, 1.165) is 13.2 Å². The number of hydrogen-bond donors (Lipinski definition) is 1. The van der Waals surface area contributed by atoms with Gasteiger partial charge in [0.2, 0.25) is 0 Å². The van der Waals surface area contributed by atoms with Gasteiger partial charge in [0, 0.05) is 13.2 Å². The summed E-state index contributed by atoms with van der Waals surface area (Å²) in [5.74, 6) is -71.4. The molecule has 0 aliphatic carbocycles. The summed E-state index contributed by atoms with van der Waals surface area (Å²) in [6, 6.07) is 10.4. The predicted molar refractivity (Wildman–Crippen MR) is 170 cm³/mol. The smallest absolute Gasteiger partial charge is 0.200 e. The van der Waals surface area contributed by atoms with Crippen molar-refractivity contribution in [2.45, 2.75) is 13.8 Å². The first-order valence-electron chi connectivity index (χ1n) is 16.1. The summed E-state index contributed by atoms with van der Waals surface area (Å²) in [6.07, 6.45) is -7.22. The van der Waals surface area contributed by atoms with Crippen molar-refractivity contribution in [3.63, 3.8) is 0 Å². The number of quaternary nitrogens is 1. The summed E-state index contributed by atoms with van der Waals surface area (Å²) >= 11 is 0. The van der Waals surface area contributed by atoms with E-state index in [1.165, 1.54) is 10.6 Å². The van der Waals surface area contributed by atoms with Crippen LogP contribution in [0.15, 0.2) is 30.3 Å². The maximum absolute atomic E-state index is 15.4. The quantitative estimate of drug-likeness (QED) is 0.0783. The van der Waals surface area contributed by atoms with E-state index in [4.69, 9.17) is 4.74 Å². The van der Waals surface area contributed by atoms with E-state index in [9.17, 15) is 52.7 Å². The highest BCUT2D eigenvalue weighted by molar-refractivity contribution is 7.20. The van der Waals surface area contributed by atoms with Crippen LogP contribution in [-0.2, 0) is 4.74 Å². The average molecular weight is 875 g/mol. The first-order chi connectivity index (χ1) is 27.4. The van der Waals surface area contributed by atoms with Gasteiger partial charge < -0.3 is 9.64 Å². The lowest BCUT2D eigenvalue weighted by Gasteiger charge is -2.44. The molecule has 1 N–H and O–H groups in total. The Morgan fingerprint density at radius 2 is 0.525 bits per heavy atom. The van der Waals surface area contributed by atoms with Gasteiger partial charge in [-0.3, -0.25) is 0 Å². The number of benzene rings is 5. The van der Waals surface area contributed by atoms with Crippen molar-refractivity contribution in [2.24, 2.45) is 0 Å². The van der Waals surface area contributed by atoms with E-state index in [2.05, 4.69) is 38.4 Å². The summed E-state index contributed by atoms with van der Waals surface area (Å²) < 4.78 is 299. The van der Waals surface area contributed by atoms with Crippen molar-refractivity contribution < 1.29 is 97.4 Å². The van der Waals surface area contributed by atoms with Crippen LogP contribution in [-0.4, -0.2) is 33.5 Å². The third kappa shape index (κ3) is 8.17. The molecule has 0 heterocycles. The van der Waals surface area contributed by atoms with Crippen LogP contribution >= 0.6 is 0 Å².